The Bertz CT molecular complexity index is 919. The maximum atomic E-state index is 11.6. The summed E-state index contributed by atoms with van der Waals surface area (Å²) >= 11 is 1.35. The molecule has 0 aliphatic carbocycles. The molecule has 0 amide bonds. The Labute approximate surface area is 139 Å². The number of hydrogen-bond donors (Lipinski definition) is 0. The second-order valence-corrected chi connectivity index (χ2v) is 5.96. The minimum absolute atomic E-state index is 0.0654. The van der Waals surface area contributed by atoms with Crippen molar-refractivity contribution in [3.05, 3.63) is 70.0 Å². The van der Waals surface area contributed by atoms with E-state index in [0.717, 1.165) is 0 Å². The molecule has 4 aromatic heterocycles. The molecule has 4 rings (SSSR count). The van der Waals surface area contributed by atoms with Crippen molar-refractivity contribution in [1.29, 1.82) is 0 Å². The van der Waals surface area contributed by atoms with Crippen molar-refractivity contribution in [2.45, 2.75) is 13.1 Å². The Morgan fingerprint density at radius 1 is 1.21 bits per heavy atom. The van der Waals surface area contributed by atoms with Crippen molar-refractivity contribution in [3.63, 3.8) is 0 Å². The lowest BCUT2D eigenvalue weighted by Crippen LogP contribution is -2.23. The number of nitro groups is 1. The van der Waals surface area contributed by atoms with E-state index in [1.807, 2.05) is 12.1 Å². The van der Waals surface area contributed by atoms with Gasteiger partial charge in [-0.15, -0.1) is 0 Å². The van der Waals surface area contributed by atoms with Gasteiger partial charge in [-0.2, -0.15) is 9.38 Å². The zero-order valence-corrected chi connectivity index (χ0v) is 13.2. The molecule has 0 aliphatic rings. The molecule has 122 valence electrons. The molecule has 4 aromatic rings. The van der Waals surface area contributed by atoms with Crippen LogP contribution in [0.5, 0.6) is 0 Å². The molecule has 0 saturated carbocycles. The van der Waals surface area contributed by atoms with Crippen molar-refractivity contribution in [2.24, 2.45) is 0 Å². The van der Waals surface area contributed by atoms with E-state index < -0.39 is 4.92 Å². The van der Waals surface area contributed by atoms with Crippen molar-refractivity contribution in [1.82, 2.24) is 9.38 Å². The molecule has 0 saturated heterocycles. The van der Waals surface area contributed by atoms with Crippen molar-refractivity contribution < 1.29 is 13.8 Å². The fraction of sp³-hybridized carbons (Fsp3) is 0.133. The molecule has 0 atom stereocenters. The van der Waals surface area contributed by atoms with Crippen LogP contribution in [0.1, 0.15) is 11.5 Å². The zero-order chi connectivity index (χ0) is 16.5. The molecule has 0 unspecified atom stereocenters. The van der Waals surface area contributed by atoms with Crippen LogP contribution in [0.4, 0.5) is 11.6 Å². The van der Waals surface area contributed by atoms with Gasteiger partial charge in [-0.05, 0) is 29.2 Å². The highest BCUT2D eigenvalue weighted by molar-refractivity contribution is 7.15. The summed E-state index contributed by atoms with van der Waals surface area (Å²) in [5.74, 6) is 1.60. The molecule has 8 nitrogen and oxygen atoms in total. The van der Waals surface area contributed by atoms with E-state index in [1.165, 1.54) is 15.7 Å². The molecule has 0 radical (unpaired) electrons. The molecule has 0 N–H and O–H groups in total. The van der Waals surface area contributed by atoms with Crippen molar-refractivity contribution in [2.75, 3.05) is 4.90 Å². The zero-order valence-electron chi connectivity index (χ0n) is 12.4. The van der Waals surface area contributed by atoms with E-state index in [2.05, 4.69) is 4.98 Å². The summed E-state index contributed by atoms with van der Waals surface area (Å²) in [5, 5.41) is 13.3. The summed E-state index contributed by atoms with van der Waals surface area (Å²) in [7, 11) is 0. The fourth-order valence-electron chi connectivity index (χ4n) is 2.53. The van der Waals surface area contributed by atoms with Gasteiger partial charge in [0.1, 0.15) is 17.7 Å². The van der Waals surface area contributed by atoms with E-state index in [-0.39, 0.29) is 5.82 Å². The van der Waals surface area contributed by atoms with Gasteiger partial charge in [0.15, 0.2) is 0 Å². The van der Waals surface area contributed by atoms with Crippen LogP contribution in [0.3, 0.4) is 0 Å². The first-order valence-corrected chi connectivity index (χ1v) is 8.00. The average molecular weight is 344 g/mol. The average Bonchev–Trinajstić information content (AvgIpc) is 3.31. The lowest BCUT2D eigenvalue weighted by Gasteiger charge is -2.19. The summed E-state index contributed by atoms with van der Waals surface area (Å²) in [6, 6.07) is 7.19. The molecule has 0 aromatic carbocycles. The van der Waals surface area contributed by atoms with Crippen LogP contribution in [0.15, 0.2) is 57.2 Å². The van der Waals surface area contributed by atoms with Gasteiger partial charge in [0, 0.05) is 5.38 Å². The van der Waals surface area contributed by atoms with Crippen LogP contribution < -0.4 is 4.90 Å². The largest absolute Gasteiger partial charge is 0.467 e. The van der Waals surface area contributed by atoms with Gasteiger partial charge in [-0.1, -0.05) is 11.3 Å². The first kappa shape index (κ1) is 14.5. The monoisotopic (exact) mass is 344 g/mol. The quantitative estimate of drug-likeness (QED) is 0.391. The second kappa shape index (κ2) is 5.85. The lowest BCUT2D eigenvalue weighted by atomic mass is 10.3. The highest BCUT2D eigenvalue weighted by Crippen LogP contribution is 2.33. The van der Waals surface area contributed by atoms with Gasteiger partial charge < -0.3 is 23.8 Å². The Hall–Kier alpha value is -3.07. The lowest BCUT2D eigenvalue weighted by molar-refractivity contribution is -0.389. The van der Waals surface area contributed by atoms with E-state index in [0.29, 0.717) is 35.4 Å². The smallest absolute Gasteiger partial charge is 0.373 e. The molecule has 0 bridgehead atoms. The maximum Gasteiger partial charge on any atom is 0.373 e. The number of nitrogens with zero attached hydrogens (tertiary/aromatic N) is 4. The number of anilines is 1. The number of furan rings is 2. The second-order valence-electron chi connectivity index (χ2n) is 5.09. The summed E-state index contributed by atoms with van der Waals surface area (Å²) < 4.78 is 12.3. The van der Waals surface area contributed by atoms with Crippen molar-refractivity contribution in [3.8, 4) is 0 Å². The summed E-state index contributed by atoms with van der Waals surface area (Å²) in [5.41, 5.74) is 0. The summed E-state index contributed by atoms with van der Waals surface area (Å²) in [6.07, 6.45) is 4.79. The Morgan fingerprint density at radius 2 is 1.88 bits per heavy atom. The highest BCUT2D eigenvalue weighted by Gasteiger charge is 2.29. The van der Waals surface area contributed by atoms with Crippen LogP contribution in [0, 0.1) is 10.1 Å². The Balaban J connectivity index is 1.78. The third kappa shape index (κ3) is 2.54. The maximum absolute atomic E-state index is 11.6. The first-order valence-electron chi connectivity index (χ1n) is 7.12. The Morgan fingerprint density at radius 3 is 2.42 bits per heavy atom. The minimum atomic E-state index is -0.417. The third-order valence-electron chi connectivity index (χ3n) is 3.55. The van der Waals surface area contributed by atoms with Crippen molar-refractivity contribution >= 4 is 27.9 Å². The number of fused-ring (bicyclic) bond motifs is 1. The molecule has 9 heteroatoms. The number of thiazole rings is 1. The minimum Gasteiger partial charge on any atom is -0.467 e. The van der Waals surface area contributed by atoms with E-state index in [4.69, 9.17) is 8.83 Å². The van der Waals surface area contributed by atoms with E-state index >= 15 is 0 Å². The summed E-state index contributed by atoms with van der Waals surface area (Å²) in [4.78, 5) is 17.9. The van der Waals surface area contributed by atoms with Gasteiger partial charge in [-0.3, -0.25) is 0 Å². The topological polar surface area (TPSA) is 90.0 Å². The molecule has 24 heavy (non-hydrogen) atoms. The predicted molar refractivity (Wildman–Crippen MR) is 87.0 cm³/mol. The Kier molecular flexibility index (Phi) is 3.54. The van der Waals surface area contributed by atoms with Gasteiger partial charge in [0.05, 0.1) is 25.6 Å². The number of imidazole rings is 1. The van der Waals surface area contributed by atoms with Crippen LogP contribution in [0.25, 0.3) is 4.96 Å². The van der Waals surface area contributed by atoms with Crippen LogP contribution in [-0.4, -0.2) is 14.3 Å². The highest BCUT2D eigenvalue weighted by atomic mass is 32.1. The number of rotatable bonds is 6. The standard InChI is InChI=1S/C15H12N4O4S/c20-19(21)14-13(16-15-18(14)5-8-24-15)17(9-11-3-1-6-22-11)10-12-4-2-7-23-12/h1-8H,9-10H2. The van der Waals surface area contributed by atoms with E-state index in [9.17, 15) is 10.1 Å². The third-order valence-corrected chi connectivity index (χ3v) is 4.30. The van der Waals surface area contributed by atoms with Gasteiger partial charge >= 0.3 is 5.82 Å². The normalized spacial score (nSPS) is 11.2. The van der Waals surface area contributed by atoms with Gasteiger partial charge in [-0.25, -0.2) is 0 Å². The predicted octanol–water partition coefficient (Wildman–Crippen LogP) is 3.70. The van der Waals surface area contributed by atoms with Crippen LogP contribution in [-0.2, 0) is 13.1 Å². The molecule has 0 spiro atoms. The van der Waals surface area contributed by atoms with Crippen LogP contribution in [0.2, 0.25) is 0 Å². The molecular formula is C15H12N4O4S. The molecular weight excluding hydrogens is 332 g/mol. The molecule has 0 fully saturated rings. The molecule has 0 aliphatic heterocycles. The van der Waals surface area contributed by atoms with E-state index in [1.54, 1.807) is 41.1 Å². The first-order chi connectivity index (χ1) is 11.7. The van der Waals surface area contributed by atoms with Gasteiger partial charge in [0.25, 0.3) is 4.96 Å². The fourth-order valence-corrected chi connectivity index (χ4v) is 3.24. The molecule has 4 heterocycles. The number of hydrogen-bond acceptors (Lipinski definition) is 7. The summed E-state index contributed by atoms with van der Waals surface area (Å²) in [6.45, 7) is 0.693. The SMILES string of the molecule is O=[N+]([O-])c1c(N(Cc2ccco2)Cc2ccco2)nc2sccn12. The van der Waals surface area contributed by atoms with Crippen LogP contribution >= 0.6 is 11.3 Å². The number of aromatic nitrogens is 2. The van der Waals surface area contributed by atoms with Gasteiger partial charge in [0.2, 0.25) is 5.82 Å².